The second-order valence-corrected chi connectivity index (χ2v) is 20.6. The van der Waals surface area contributed by atoms with Gasteiger partial charge in [-0.15, -0.1) is 0 Å². The maximum absolute atomic E-state index is 7.52. The van der Waals surface area contributed by atoms with Gasteiger partial charge in [0.2, 0.25) is 0 Å². The Kier molecular flexibility index (Phi) is 8.41. The molecule has 0 atom stereocenters. The maximum Gasteiger partial charge on any atom is 0.260 e. The summed E-state index contributed by atoms with van der Waals surface area (Å²) in [6.07, 6.45) is 0. The van der Waals surface area contributed by atoms with Gasteiger partial charge in [0.05, 0.1) is 5.69 Å². The number of ether oxygens (including phenoxy) is 4. The molecule has 16 rings (SSSR count). The molecule has 0 bridgehead atoms. The lowest BCUT2D eigenvalue weighted by molar-refractivity contribution is 0.464. The minimum atomic E-state index is -0.343. The highest BCUT2D eigenvalue weighted by atomic mass is 32.2. The van der Waals surface area contributed by atoms with Crippen molar-refractivity contribution in [1.29, 1.82) is 0 Å². The molecule has 6 nitrogen and oxygen atoms in total. The Labute approximate surface area is 422 Å². The molecule has 0 unspecified atom stereocenters. The molecule has 0 fully saturated rings. The molecule has 10 aromatic rings. The Hall–Kier alpha value is -8.46. The standard InChI is InChI=1S/C62H39B3N2O4S/c1-36-18-17-19-37(2)60(36)67-45-32-40(66(38-20-5-3-6-21-38)39-22-7-4-8-23-39)33-53-55(45)65(56-46(67)34-51-57-61(56)70-49-30-15-11-26-43(49)63(57)41-24-9-13-28-47(41)68-51)59-54(72-53)35-52-58-62(59)71-50-31-16-12-27-44(50)64(58)42-25-10-14-29-48(42)69-52/h3-35H,1-2H3. The van der Waals surface area contributed by atoms with Gasteiger partial charge >= 0.3 is 0 Å². The van der Waals surface area contributed by atoms with E-state index in [2.05, 4.69) is 224 Å². The van der Waals surface area contributed by atoms with Crippen LogP contribution >= 0.6 is 11.8 Å². The zero-order valence-electron chi connectivity index (χ0n) is 39.2. The highest BCUT2D eigenvalue weighted by molar-refractivity contribution is 8.00. The van der Waals surface area contributed by atoms with Crippen molar-refractivity contribution in [2.45, 2.75) is 23.6 Å². The molecule has 0 aromatic heterocycles. The molecule has 0 saturated carbocycles. The Bertz CT molecular complexity index is 3920. The van der Waals surface area contributed by atoms with Crippen LogP contribution in [0.3, 0.4) is 0 Å². The number of aryl methyl sites for hydroxylation is 2. The Morgan fingerprint density at radius 2 is 0.806 bits per heavy atom. The van der Waals surface area contributed by atoms with Crippen molar-refractivity contribution in [1.82, 2.24) is 0 Å². The van der Waals surface area contributed by atoms with E-state index in [0.717, 1.165) is 145 Å². The van der Waals surface area contributed by atoms with Gasteiger partial charge < -0.3 is 28.7 Å². The summed E-state index contributed by atoms with van der Waals surface area (Å²) >= 11 is 1.80. The van der Waals surface area contributed by atoms with Gasteiger partial charge in [0, 0.05) is 55.2 Å². The van der Waals surface area contributed by atoms with Crippen LogP contribution < -0.4 is 77.9 Å². The monoisotopic (exact) mass is 940 g/mol. The summed E-state index contributed by atoms with van der Waals surface area (Å²) < 4.78 is 29.1. The lowest BCUT2D eigenvalue weighted by Gasteiger charge is -2.45. The van der Waals surface area contributed by atoms with Crippen LogP contribution in [0.15, 0.2) is 210 Å². The van der Waals surface area contributed by atoms with Crippen molar-refractivity contribution in [3.63, 3.8) is 0 Å². The van der Waals surface area contributed by atoms with E-state index in [-0.39, 0.29) is 20.1 Å². The highest BCUT2D eigenvalue weighted by Gasteiger charge is 2.52. The topological polar surface area (TPSA) is 43.4 Å². The predicted molar refractivity (Wildman–Crippen MR) is 296 cm³/mol. The number of fused-ring (bicyclic) bond motifs is 14. The Morgan fingerprint density at radius 1 is 0.361 bits per heavy atom. The average molecular weight is 941 g/mol. The van der Waals surface area contributed by atoms with Crippen molar-refractivity contribution in [3.8, 4) is 46.0 Å². The molecule has 0 amide bonds. The first-order valence-electron chi connectivity index (χ1n) is 24.7. The van der Waals surface area contributed by atoms with E-state index in [1.807, 2.05) is 0 Å². The van der Waals surface area contributed by atoms with Gasteiger partial charge in [-0.25, -0.2) is 0 Å². The first-order valence-corrected chi connectivity index (χ1v) is 25.5. The molecular weight excluding hydrogens is 901 g/mol. The van der Waals surface area contributed by atoms with Crippen molar-refractivity contribution >= 4 is 115 Å². The molecule has 6 aliphatic heterocycles. The molecular formula is C62H39B3N2O4S. The zero-order chi connectivity index (χ0) is 47.3. The minimum absolute atomic E-state index is 0.0952. The van der Waals surface area contributed by atoms with Crippen LogP contribution in [0, 0.1) is 13.8 Å². The average Bonchev–Trinajstić information content (AvgIpc) is 3.41. The molecule has 10 aromatic carbocycles. The van der Waals surface area contributed by atoms with E-state index >= 15 is 0 Å². The maximum atomic E-state index is 7.52. The lowest BCUT2D eigenvalue weighted by atomic mass is 9.29. The molecule has 0 radical (unpaired) electrons. The molecule has 10 heteroatoms. The summed E-state index contributed by atoms with van der Waals surface area (Å²) in [6, 6.07) is 71.5. The second kappa shape index (κ2) is 15.0. The molecule has 0 saturated heterocycles. The quantitative estimate of drug-likeness (QED) is 0.163. The third-order valence-corrected chi connectivity index (χ3v) is 16.7. The van der Waals surface area contributed by atoms with E-state index in [9.17, 15) is 0 Å². The minimum Gasteiger partial charge on any atom is -0.459 e. The summed E-state index contributed by atoms with van der Waals surface area (Å²) in [5.74, 6) is 6.71. The van der Waals surface area contributed by atoms with Gasteiger partial charge in [-0.3, -0.25) is 0 Å². The fourth-order valence-electron chi connectivity index (χ4n) is 12.7. The first kappa shape index (κ1) is 40.3. The van der Waals surface area contributed by atoms with Gasteiger partial charge in [-0.1, -0.05) is 139 Å². The Morgan fingerprint density at radius 3 is 1.35 bits per heavy atom. The molecule has 0 N–H and O–H groups in total. The molecule has 72 heavy (non-hydrogen) atoms. The number of rotatable bonds is 4. The van der Waals surface area contributed by atoms with E-state index in [1.165, 1.54) is 5.46 Å². The summed E-state index contributed by atoms with van der Waals surface area (Å²) in [5, 5.41) is 0. The van der Waals surface area contributed by atoms with Crippen LogP contribution in [0.1, 0.15) is 11.1 Å². The molecule has 0 spiro atoms. The van der Waals surface area contributed by atoms with Gasteiger partial charge in [0.25, 0.3) is 20.1 Å². The van der Waals surface area contributed by atoms with Gasteiger partial charge in [0.15, 0.2) is 0 Å². The van der Waals surface area contributed by atoms with Crippen LogP contribution in [0.4, 0.5) is 34.1 Å². The number of nitrogens with zero attached hydrogens (tertiary/aromatic N) is 2. The fraction of sp³-hybridized carbons (Fsp3) is 0.0323. The van der Waals surface area contributed by atoms with Crippen LogP contribution in [0.5, 0.6) is 46.0 Å². The van der Waals surface area contributed by atoms with E-state index in [4.69, 9.17) is 18.9 Å². The van der Waals surface area contributed by atoms with E-state index in [0.29, 0.717) is 0 Å². The van der Waals surface area contributed by atoms with Crippen molar-refractivity contribution in [3.05, 3.63) is 211 Å². The fourth-order valence-corrected chi connectivity index (χ4v) is 13.9. The van der Waals surface area contributed by atoms with Crippen molar-refractivity contribution in [2.75, 3.05) is 9.80 Å². The summed E-state index contributed by atoms with van der Waals surface area (Å²) in [4.78, 5) is 7.12. The van der Waals surface area contributed by atoms with Crippen LogP contribution in [0.25, 0.3) is 0 Å². The largest absolute Gasteiger partial charge is 0.459 e. The smallest absolute Gasteiger partial charge is 0.260 e. The molecule has 336 valence electrons. The van der Waals surface area contributed by atoms with Gasteiger partial charge in [0.1, 0.15) is 46.0 Å². The third-order valence-electron chi connectivity index (χ3n) is 15.6. The predicted octanol–water partition coefficient (Wildman–Crippen LogP) is 9.99. The second-order valence-electron chi connectivity index (χ2n) is 19.5. The normalized spacial score (nSPS) is 14.0. The zero-order valence-corrected chi connectivity index (χ0v) is 40.0. The number of hydrogen-bond donors (Lipinski definition) is 0. The van der Waals surface area contributed by atoms with Crippen LogP contribution in [0.2, 0.25) is 0 Å². The van der Waals surface area contributed by atoms with E-state index in [1.54, 1.807) is 11.8 Å². The summed E-state index contributed by atoms with van der Waals surface area (Å²) in [5.41, 5.74) is 18.7. The lowest BCUT2D eigenvalue weighted by Crippen LogP contribution is -2.66. The van der Waals surface area contributed by atoms with Crippen LogP contribution in [-0.4, -0.2) is 20.1 Å². The van der Waals surface area contributed by atoms with Crippen molar-refractivity contribution in [2.24, 2.45) is 0 Å². The molecule has 6 aliphatic rings. The highest BCUT2D eigenvalue weighted by Crippen LogP contribution is 2.52. The van der Waals surface area contributed by atoms with Gasteiger partial charge in [-0.2, -0.15) is 0 Å². The molecule has 6 heterocycles. The number of hydrogen-bond acceptors (Lipinski definition) is 7. The summed E-state index contributed by atoms with van der Waals surface area (Å²) in [6.45, 7) is 3.90. The van der Waals surface area contributed by atoms with E-state index < -0.39 is 0 Å². The SMILES string of the molecule is Cc1cccc(C)c1N1c2cc(N(c3ccccc3)c3ccccc3)cc3c2B(c2c(cc4c5c2Oc2ccccc2B5c2ccccc2O4)S3)c2c1cc1c3c2Oc2ccccc2B3c2ccccc2O1. The summed E-state index contributed by atoms with van der Waals surface area (Å²) in [7, 11) is 0. The van der Waals surface area contributed by atoms with Gasteiger partial charge in [-0.05, 0) is 130 Å². The number of benzene rings is 10. The molecule has 0 aliphatic carbocycles. The number of anilines is 6. The van der Waals surface area contributed by atoms with Crippen LogP contribution in [-0.2, 0) is 0 Å². The van der Waals surface area contributed by atoms with Crippen molar-refractivity contribution < 1.29 is 18.9 Å². The third kappa shape index (κ3) is 5.55. The first-order chi connectivity index (χ1) is 35.6. The number of para-hydroxylation sites is 7. The Balaban J connectivity index is 1.05.